The molecule has 0 N–H and O–H groups in total. The fraction of sp³-hybridized carbons (Fsp3) is 0.429. The minimum absolute atomic E-state index is 0.243. The van der Waals surface area contributed by atoms with Gasteiger partial charge in [0.05, 0.1) is 7.11 Å². The Labute approximate surface area is 148 Å². The van der Waals surface area contributed by atoms with Gasteiger partial charge in [-0.2, -0.15) is 0 Å². The van der Waals surface area contributed by atoms with Crippen LogP contribution in [0.4, 0.5) is 0 Å². The Morgan fingerprint density at radius 1 is 0.960 bits per heavy atom. The quantitative estimate of drug-likeness (QED) is 0.696. The molecular formula is C21H25N3O. The smallest absolute Gasteiger partial charge is 0.140 e. The molecule has 0 bridgehead atoms. The van der Waals surface area contributed by atoms with E-state index in [1.165, 1.54) is 42.0 Å². The summed E-state index contributed by atoms with van der Waals surface area (Å²) in [5.41, 5.74) is 1.29. The van der Waals surface area contributed by atoms with Crippen LogP contribution in [-0.2, 0) is 13.0 Å². The van der Waals surface area contributed by atoms with Gasteiger partial charge in [0.1, 0.15) is 17.4 Å². The molecule has 2 aromatic carbocycles. The average Bonchev–Trinajstić information content (AvgIpc) is 3.01. The number of aryl methyl sites for hydroxylation is 1. The van der Waals surface area contributed by atoms with Crippen LogP contribution in [0.15, 0.2) is 36.4 Å². The van der Waals surface area contributed by atoms with E-state index >= 15 is 0 Å². The molecule has 4 nitrogen and oxygen atoms in total. The highest BCUT2D eigenvalue weighted by Gasteiger charge is 2.20. The SMILES string of the molecule is COc1ccc2cc(C(C)c3nnc4n3CCCCCC4)ccc2c1. The number of fused-ring (bicyclic) bond motifs is 2. The van der Waals surface area contributed by atoms with Crippen molar-refractivity contribution >= 4 is 10.8 Å². The van der Waals surface area contributed by atoms with Gasteiger partial charge < -0.3 is 9.30 Å². The van der Waals surface area contributed by atoms with Crippen molar-refractivity contribution in [1.82, 2.24) is 14.8 Å². The molecule has 0 radical (unpaired) electrons. The van der Waals surface area contributed by atoms with E-state index in [4.69, 9.17) is 4.74 Å². The lowest BCUT2D eigenvalue weighted by Gasteiger charge is -2.17. The van der Waals surface area contributed by atoms with Crippen LogP contribution in [0.25, 0.3) is 10.8 Å². The van der Waals surface area contributed by atoms with Crippen LogP contribution in [0.5, 0.6) is 5.75 Å². The van der Waals surface area contributed by atoms with E-state index in [9.17, 15) is 0 Å². The van der Waals surface area contributed by atoms with Crippen molar-refractivity contribution in [2.75, 3.05) is 7.11 Å². The highest BCUT2D eigenvalue weighted by atomic mass is 16.5. The molecule has 2 heterocycles. The zero-order valence-corrected chi connectivity index (χ0v) is 15.0. The minimum Gasteiger partial charge on any atom is -0.497 e. The molecule has 4 rings (SSSR count). The lowest BCUT2D eigenvalue weighted by atomic mass is 9.96. The van der Waals surface area contributed by atoms with Crippen molar-refractivity contribution in [1.29, 1.82) is 0 Å². The maximum Gasteiger partial charge on any atom is 0.140 e. The fourth-order valence-corrected chi connectivity index (χ4v) is 3.79. The predicted octanol–water partition coefficient (Wildman–Crippen LogP) is 4.71. The minimum atomic E-state index is 0.243. The summed E-state index contributed by atoms with van der Waals surface area (Å²) in [6, 6.07) is 12.9. The second-order valence-electron chi connectivity index (χ2n) is 6.98. The Kier molecular flexibility index (Phi) is 4.43. The van der Waals surface area contributed by atoms with Crippen LogP contribution < -0.4 is 4.74 Å². The molecule has 0 fully saturated rings. The van der Waals surface area contributed by atoms with E-state index in [0.717, 1.165) is 30.4 Å². The van der Waals surface area contributed by atoms with Gasteiger partial charge in [0.2, 0.25) is 0 Å². The van der Waals surface area contributed by atoms with E-state index < -0.39 is 0 Å². The molecule has 0 saturated heterocycles. The van der Waals surface area contributed by atoms with Crippen molar-refractivity contribution in [3.63, 3.8) is 0 Å². The van der Waals surface area contributed by atoms with Crippen molar-refractivity contribution in [2.24, 2.45) is 0 Å². The van der Waals surface area contributed by atoms with Gasteiger partial charge in [-0.05, 0) is 41.3 Å². The van der Waals surface area contributed by atoms with Gasteiger partial charge in [-0.3, -0.25) is 0 Å². The largest absolute Gasteiger partial charge is 0.497 e. The number of methoxy groups -OCH3 is 1. The average molecular weight is 335 g/mol. The first-order chi connectivity index (χ1) is 12.3. The van der Waals surface area contributed by atoms with Gasteiger partial charge in [0.15, 0.2) is 0 Å². The lowest BCUT2D eigenvalue weighted by molar-refractivity contribution is 0.415. The Hall–Kier alpha value is -2.36. The predicted molar refractivity (Wildman–Crippen MR) is 100 cm³/mol. The molecule has 1 atom stereocenters. The summed E-state index contributed by atoms with van der Waals surface area (Å²) in [7, 11) is 1.71. The highest BCUT2D eigenvalue weighted by Crippen LogP contribution is 2.29. The van der Waals surface area contributed by atoms with Crippen molar-refractivity contribution in [2.45, 2.75) is 51.5 Å². The molecule has 0 saturated carbocycles. The number of aromatic nitrogens is 3. The summed E-state index contributed by atoms with van der Waals surface area (Å²) in [5, 5.41) is 11.5. The normalized spacial score (nSPS) is 16.1. The summed E-state index contributed by atoms with van der Waals surface area (Å²) in [4.78, 5) is 0. The monoisotopic (exact) mass is 335 g/mol. The zero-order valence-electron chi connectivity index (χ0n) is 15.0. The molecule has 4 heteroatoms. The van der Waals surface area contributed by atoms with Crippen molar-refractivity contribution < 1.29 is 4.74 Å². The van der Waals surface area contributed by atoms with E-state index in [2.05, 4.69) is 52.0 Å². The van der Waals surface area contributed by atoms with Crippen LogP contribution >= 0.6 is 0 Å². The number of nitrogens with zero attached hydrogens (tertiary/aromatic N) is 3. The molecule has 1 aliphatic heterocycles. The molecule has 0 aliphatic carbocycles. The summed E-state index contributed by atoms with van der Waals surface area (Å²) in [6.45, 7) is 3.29. The van der Waals surface area contributed by atoms with Gasteiger partial charge in [0, 0.05) is 18.9 Å². The Bertz CT molecular complexity index is 884. The fourth-order valence-electron chi connectivity index (χ4n) is 3.79. The second kappa shape index (κ2) is 6.87. The third kappa shape index (κ3) is 3.13. The number of rotatable bonds is 3. The molecular weight excluding hydrogens is 310 g/mol. The van der Waals surface area contributed by atoms with Gasteiger partial charge in [-0.1, -0.05) is 44.0 Å². The van der Waals surface area contributed by atoms with E-state index in [0.29, 0.717) is 0 Å². The first kappa shape index (κ1) is 16.1. The Morgan fingerprint density at radius 2 is 1.76 bits per heavy atom. The zero-order chi connectivity index (χ0) is 17.2. The summed E-state index contributed by atoms with van der Waals surface area (Å²) in [6.07, 6.45) is 6.12. The Morgan fingerprint density at radius 3 is 2.64 bits per heavy atom. The van der Waals surface area contributed by atoms with Crippen LogP contribution in [-0.4, -0.2) is 21.9 Å². The topological polar surface area (TPSA) is 39.9 Å². The standard InChI is InChI=1S/C21H25N3O/c1-15(21-23-22-20-7-5-3-4-6-12-24(20)21)16-8-9-18-14-19(25-2)11-10-17(18)13-16/h8-11,13-15H,3-7,12H2,1-2H3. The van der Waals surface area contributed by atoms with Gasteiger partial charge in [-0.15, -0.1) is 10.2 Å². The van der Waals surface area contributed by atoms with E-state index in [-0.39, 0.29) is 5.92 Å². The third-order valence-corrected chi connectivity index (χ3v) is 5.35. The molecule has 1 aliphatic rings. The summed E-state index contributed by atoms with van der Waals surface area (Å²) < 4.78 is 7.68. The van der Waals surface area contributed by atoms with Gasteiger partial charge in [-0.25, -0.2) is 0 Å². The third-order valence-electron chi connectivity index (χ3n) is 5.35. The summed E-state index contributed by atoms with van der Waals surface area (Å²) >= 11 is 0. The maximum absolute atomic E-state index is 5.32. The molecule has 25 heavy (non-hydrogen) atoms. The van der Waals surface area contributed by atoms with Crippen LogP contribution in [0.2, 0.25) is 0 Å². The van der Waals surface area contributed by atoms with E-state index in [1.54, 1.807) is 7.11 Å². The van der Waals surface area contributed by atoms with Crippen LogP contribution in [0.1, 0.15) is 55.7 Å². The molecule has 0 spiro atoms. The van der Waals surface area contributed by atoms with E-state index in [1.807, 2.05) is 6.07 Å². The molecule has 3 aromatic rings. The number of ether oxygens (including phenoxy) is 1. The number of benzene rings is 2. The summed E-state index contributed by atoms with van der Waals surface area (Å²) in [5.74, 6) is 3.40. The van der Waals surface area contributed by atoms with Gasteiger partial charge in [0.25, 0.3) is 0 Å². The lowest BCUT2D eigenvalue weighted by Crippen LogP contribution is -2.13. The molecule has 0 amide bonds. The molecule has 1 aromatic heterocycles. The van der Waals surface area contributed by atoms with Crippen molar-refractivity contribution in [3.8, 4) is 5.75 Å². The van der Waals surface area contributed by atoms with Crippen LogP contribution in [0, 0.1) is 0 Å². The molecule has 1 unspecified atom stereocenters. The number of hydrogen-bond acceptors (Lipinski definition) is 3. The first-order valence-corrected chi connectivity index (χ1v) is 9.26. The number of hydrogen-bond donors (Lipinski definition) is 0. The maximum atomic E-state index is 5.32. The Balaban J connectivity index is 1.68. The molecule has 130 valence electrons. The van der Waals surface area contributed by atoms with Crippen LogP contribution in [0.3, 0.4) is 0 Å². The van der Waals surface area contributed by atoms with Crippen molar-refractivity contribution in [3.05, 3.63) is 53.6 Å². The van der Waals surface area contributed by atoms with Gasteiger partial charge >= 0.3 is 0 Å². The first-order valence-electron chi connectivity index (χ1n) is 9.26. The highest BCUT2D eigenvalue weighted by molar-refractivity contribution is 5.84. The second-order valence-corrected chi connectivity index (χ2v) is 6.98.